The Hall–Kier alpha value is -1.43. The fraction of sp³-hybridized carbons (Fsp3) is 0.538. The smallest absolute Gasteiger partial charge is 0.401 e. The van der Waals surface area contributed by atoms with E-state index in [1.807, 2.05) is 6.92 Å². The highest BCUT2D eigenvalue weighted by Crippen LogP contribution is 2.20. The van der Waals surface area contributed by atoms with Crippen LogP contribution in [0, 0.1) is 0 Å². The van der Waals surface area contributed by atoms with E-state index in [1.165, 1.54) is 0 Å². The zero-order valence-electron chi connectivity index (χ0n) is 11.0. The summed E-state index contributed by atoms with van der Waals surface area (Å²) < 4.78 is 46.7. The maximum absolute atomic E-state index is 12.0. The van der Waals surface area contributed by atoms with E-state index < -0.39 is 12.7 Å². The minimum atomic E-state index is -4.20. The second-order valence-corrected chi connectivity index (χ2v) is 4.08. The molecule has 0 bridgehead atoms. The van der Waals surface area contributed by atoms with E-state index in [2.05, 4.69) is 5.32 Å². The van der Waals surface area contributed by atoms with Crippen LogP contribution in [0.15, 0.2) is 24.3 Å². The summed E-state index contributed by atoms with van der Waals surface area (Å²) in [5.41, 5.74) is 0. The average molecular weight is 277 g/mol. The van der Waals surface area contributed by atoms with Crippen molar-refractivity contribution in [2.45, 2.75) is 26.1 Å². The molecule has 1 aromatic carbocycles. The molecule has 0 saturated heterocycles. The SMILES string of the molecule is CCOc1cccc(OC(C)CNCC(F)(F)F)c1. The fourth-order valence-corrected chi connectivity index (χ4v) is 1.50. The summed E-state index contributed by atoms with van der Waals surface area (Å²) >= 11 is 0. The van der Waals surface area contributed by atoms with Crippen LogP contribution in [0.4, 0.5) is 13.2 Å². The standard InChI is InChI=1S/C13H18F3NO2/c1-3-18-11-5-4-6-12(7-11)19-10(2)8-17-9-13(14,15)16/h4-7,10,17H,3,8-9H2,1-2H3. The van der Waals surface area contributed by atoms with E-state index in [1.54, 1.807) is 31.2 Å². The van der Waals surface area contributed by atoms with Crippen molar-refractivity contribution in [3.8, 4) is 11.5 Å². The quantitative estimate of drug-likeness (QED) is 0.831. The predicted molar refractivity (Wildman–Crippen MR) is 66.6 cm³/mol. The number of ether oxygens (including phenoxy) is 2. The molecule has 0 aliphatic heterocycles. The van der Waals surface area contributed by atoms with Gasteiger partial charge in [0.1, 0.15) is 17.6 Å². The van der Waals surface area contributed by atoms with E-state index in [4.69, 9.17) is 9.47 Å². The first-order valence-corrected chi connectivity index (χ1v) is 6.07. The fourth-order valence-electron chi connectivity index (χ4n) is 1.50. The van der Waals surface area contributed by atoms with Crippen LogP contribution in [0.25, 0.3) is 0 Å². The van der Waals surface area contributed by atoms with E-state index in [0.717, 1.165) is 0 Å². The molecule has 1 unspecified atom stereocenters. The van der Waals surface area contributed by atoms with E-state index in [9.17, 15) is 13.2 Å². The Bertz CT molecular complexity index is 382. The molecule has 1 atom stereocenters. The molecule has 0 heterocycles. The Morgan fingerprint density at radius 2 is 1.95 bits per heavy atom. The van der Waals surface area contributed by atoms with Gasteiger partial charge >= 0.3 is 6.18 Å². The van der Waals surface area contributed by atoms with Crippen LogP contribution in [0.1, 0.15) is 13.8 Å². The zero-order valence-corrected chi connectivity index (χ0v) is 11.0. The molecule has 0 radical (unpaired) electrons. The molecule has 0 aliphatic carbocycles. The Morgan fingerprint density at radius 1 is 1.26 bits per heavy atom. The van der Waals surface area contributed by atoms with Crippen LogP contribution < -0.4 is 14.8 Å². The van der Waals surface area contributed by atoms with Gasteiger partial charge in [-0.05, 0) is 26.0 Å². The third-order valence-electron chi connectivity index (χ3n) is 2.21. The monoisotopic (exact) mass is 277 g/mol. The normalized spacial score (nSPS) is 13.1. The van der Waals surface area contributed by atoms with Crippen molar-refractivity contribution in [2.24, 2.45) is 0 Å². The van der Waals surface area contributed by atoms with Crippen LogP contribution in [0.3, 0.4) is 0 Å². The molecule has 19 heavy (non-hydrogen) atoms. The minimum absolute atomic E-state index is 0.123. The molecule has 1 aromatic rings. The lowest BCUT2D eigenvalue weighted by Crippen LogP contribution is -2.35. The van der Waals surface area contributed by atoms with Gasteiger partial charge in [0.25, 0.3) is 0 Å². The Morgan fingerprint density at radius 3 is 2.58 bits per heavy atom. The van der Waals surface area contributed by atoms with Gasteiger partial charge in [0.15, 0.2) is 0 Å². The number of alkyl halides is 3. The molecule has 0 saturated carbocycles. The van der Waals surface area contributed by atoms with E-state index in [-0.39, 0.29) is 12.6 Å². The lowest BCUT2D eigenvalue weighted by atomic mass is 10.3. The first-order chi connectivity index (χ1) is 8.90. The first kappa shape index (κ1) is 15.6. The summed E-state index contributed by atoms with van der Waals surface area (Å²) in [6, 6.07) is 7.02. The molecule has 1 rings (SSSR count). The van der Waals surface area contributed by atoms with Crippen molar-refractivity contribution in [1.82, 2.24) is 5.32 Å². The lowest BCUT2D eigenvalue weighted by molar-refractivity contribution is -0.125. The summed E-state index contributed by atoms with van der Waals surface area (Å²) in [7, 11) is 0. The van der Waals surface area contributed by atoms with Crippen LogP contribution in [0.5, 0.6) is 11.5 Å². The highest BCUT2D eigenvalue weighted by atomic mass is 19.4. The number of benzene rings is 1. The van der Waals surface area contributed by atoms with Gasteiger partial charge in [-0.3, -0.25) is 0 Å². The van der Waals surface area contributed by atoms with E-state index in [0.29, 0.717) is 18.1 Å². The topological polar surface area (TPSA) is 30.5 Å². The number of hydrogen-bond acceptors (Lipinski definition) is 3. The Balaban J connectivity index is 2.39. The molecule has 0 amide bonds. The maximum Gasteiger partial charge on any atom is 0.401 e. The van der Waals surface area contributed by atoms with Gasteiger partial charge in [0.2, 0.25) is 0 Å². The van der Waals surface area contributed by atoms with Crippen molar-refractivity contribution < 1.29 is 22.6 Å². The largest absolute Gasteiger partial charge is 0.494 e. The molecular formula is C13H18F3NO2. The van der Waals surface area contributed by atoms with Crippen LogP contribution in [-0.2, 0) is 0 Å². The number of hydrogen-bond donors (Lipinski definition) is 1. The van der Waals surface area contributed by atoms with Gasteiger partial charge in [-0.2, -0.15) is 13.2 Å². The van der Waals surface area contributed by atoms with Gasteiger partial charge < -0.3 is 14.8 Å². The molecule has 3 nitrogen and oxygen atoms in total. The molecule has 0 aromatic heterocycles. The van der Waals surface area contributed by atoms with Gasteiger partial charge in [-0.1, -0.05) is 6.07 Å². The van der Waals surface area contributed by atoms with Crippen molar-refractivity contribution in [3.63, 3.8) is 0 Å². The summed E-state index contributed by atoms with van der Waals surface area (Å²) in [6.07, 6.45) is -4.56. The highest BCUT2D eigenvalue weighted by molar-refractivity contribution is 5.33. The van der Waals surface area contributed by atoms with Crippen molar-refractivity contribution in [3.05, 3.63) is 24.3 Å². The van der Waals surface area contributed by atoms with E-state index >= 15 is 0 Å². The summed E-state index contributed by atoms with van der Waals surface area (Å²) in [6.45, 7) is 3.23. The Labute approximate surface area is 110 Å². The Kier molecular flexibility index (Phi) is 5.95. The number of rotatable bonds is 7. The molecule has 0 spiro atoms. The second kappa shape index (κ2) is 7.23. The first-order valence-electron chi connectivity index (χ1n) is 6.07. The molecular weight excluding hydrogens is 259 g/mol. The summed E-state index contributed by atoms with van der Waals surface area (Å²) in [4.78, 5) is 0. The maximum atomic E-state index is 12.0. The molecule has 0 fully saturated rings. The highest BCUT2D eigenvalue weighted by Gasteiger charge is 2.26. The molecule has 108 valence electrons. The lowest BCUT2D eigenvalue weighted by Gasteiger charge is -2.16. The number of halogens is 3. The zero-order chi connectivity index (χ0) is 14.3. The van der Waals surface area contributed by atoms with Gasteiger partial charge in [-0.15, -0.1) is 0 Å². The van der Waals surface area contributed by atoms with Crippen LogP contribution in [0.2, 0.25) is 0 Å². The average Bonchev–Trinajstić information content (AvgIpc) is 2.28. The van der Waals surface area contributed by atoms with Crippen molar-refractivity contribution in [1.29, 1.82) is 0 Å². The van der Waals surface area contributed by atoms with Crippen molar-refractivity contribution >= 4 is 0 Å². The summed E-state index contributed by atoms with van der Waals surface area (Å²) in [5, 5.41) is 2.30. The molecule has 6 heteroatoms. The van der Waals surface area contributed by atoms with Crippen LogP contribution in [-0.4, -0.2) is 32.0 Å². The van der Waals surface area contributed by atoms with Gasteiger partial charge in [-0.25, -0.2) is 0 Å². The summed E-state index contributed by atoms with van der Waals surface area (Å²) in [5.74, 6) is 1.25. The minimum Gasteiger partial charge on any atom is -0.494 e. The second-order valence-electron chi connectivity index (χ2n) is 4.08. The third kappa shape index (κ3) is 6.91. The van der Waals surface area contributed by atoms with Crippen molar-refractivity contribution in [2.75, 3.05) is 19.7 Å². The van der Waals surface area contributed by atoms with Gasteiger partial charge in [0.05, 0.1) is 13.2 Å². The van der Waals surface area contributed by atoms with Gasteiger partial charge in [0, 0.05) is 12.6 Å². The van der Waals surface area contributed by atoms with Crippen LogP contribution >= 0.6 is 0 Å². The molecule has 1 N–H and O–H groups in total. The predicted octanol–water partition coefficient (Wildman–Crippen LogP) is 3.00. The number of nitrogens with one attached hydrogen (secondary N) is 1. The molecule has 0 aliphatic rings. The third-order valence-corrected chi connectivity index (χ3v) is 2.21.